The molecule has 5 heteroatoms. The van der Waals surface area contributed by atoms with Crippen molar-refractivity contribution in [2.75, 3.05) is 33.7 Å². The van der Waals surface area contributed by atoms with Gasteiger partial charge in [-0.3, -0.25) is 4.90 Å². The molecular weight excluding hydrogens is 242 g/mol. The van der Waals surface area contributed by atoms with E-state index in [0.717, 1.165) is 26.2 Å². The molecule has 0 N–H and O–H groups in total. The average molecular weight is 262 g/mol. The van der Waals surface area contributed by atoms with E-state index in [0.29, 0.717) is 4.47 Å². The Labute approximate surface area is 107 Å². The van der Waals surface area contributed by atoms with Crippen molar-refractivity contribution in [2.45, 2.75) is 19.9 Å². The maximum absolute atomic E-state index is 5.82. The number of hydrogen-bond donors (Lipinski definition) is 0. The molecule has 1 rings (SSSR count). The second kappa shape index (κ2) is 7.22. The molecule has 0 atom stereocenters. The lowest BCUT2D eigenvalue weighted by Gasteiger charge is -2.20. The third kappa shape index (κ3) is 5.25. The topological polar surface area (TPSA) is 19.4 Å². The molecule has 16 heavy (non-hydrogen) atoms. The van der Waals surface area contributed by atoms with Crippen LogP contribution < -0.4 is 0 Å². The van der Waals surface area contributed by atoms with E-state index in [2.05, 4.69) is 35.8 Å². The first-order valence-electron chi connectivity index (χ1n) is 5.59. The Morgan fingerprint density at radius 3 is 2.62 bits per heavy atom. The van der Waals surface area contributed by atoms with Gasteiger partial charge in [0, 0.05) is 17.6 Å². The Hall–Kier alpha value is -0.160. The lowest BCUT2D eigenvalue weighted by Crippen LogP contribution is -2.26. The lowest BCUT2D eigenvalue weighted by molar-refractivity contribution is 0.261. The van der Waals surface area contributed by atoms with E-state index in [1.54, 1.807) is 11.3 Å². The molecule has 0 saturated carbocycles. The van der Waals surface area contributed by atoms with Gasteiger partial charge in [0.2, 0.25) is 0 Å². The van der Waals surface area contributed by atoms with Crippen LogP contribution in [-0.4, -0.2) is 48.5 Å². The van der Waals surface area contributed by atoms with Gasteiger partial charge >= 0.3 is 0 Å². The highest BCUT2D eigenvalue weighted by atomic mass is 35.5. The molecule has 0 amide bonds. The third-order valence-corrected chi connectivity index (χ3v) is 3.53. The van der Waals surface area contributed by atoms with E-state index < -0.39 is 0 Å². The van der Waals surface area contributed by atoms with Crippen LogP contribution in [0.1, 0.15) is 18.2 Å². The number of halogens is 1. The van der Waals surface area contributed by atoms with E-state index in [1.165, 1.54) is 11.3 Å². The molecule has 0 saturated heterocycles. The summed E-state index contributed by atoms with van der Waals surface area (Å²) < 4.78 is 0.638. The number of hydrogen-bond acceptors (Lipinski definition) is 4. The van der Waals surface area contributed by atoms with Gasteiger partial charge < -0.3 is 4.90 Å². The van der Waals surface area contributed by atoms with Crippen molar-refractivity contribution in [3.8, 4) is 0 Å². The fourth-order valence-electron chi connectivity index (χ4n) is 1.54. The predicted octanol–water partition coefficient (Wildman–Crippen LogP) is 2.57. The molecule has 3 nitrogen and oxygen atoms in total. The van der Waals surface area contributed by atoms with Gasteiger partial charge in [-0.05, 0) is 40.2 Å². The summed E-state index contributed by atoms with van der Waals surface area (Å²) in [7, 11) is 4.22. The van der Waals surface area contributed by atoms with Crippen molar-refractivity contribution in [3.63, 3.8) is 0 Å². The Balaban J connectivity index is 2.31. The minimum absolute atomic E-state index is 0.638. The Morgan fingerprint density at radius 1 is 1.38 bits per heavy atom. The van der Waals surface area contributed by atoms with E-state index in [4.69, 9.17) is 11.6 Å². The van der Waals surface area contributed by atoms with Crippen molar-refractivity contribution in [1.82, 2.24) is 14.8 Å². The highest BCUT2D eigenvalue weighted by Crippen LogP contribution is 2.19. The lowest BCUT2D eigenvalue weighted by atomic mass is 10.3. The van der Waals surface area contributed by atoms with Gasteiger partial charge in [0.1, 0.15) is 0 Å². The Morgan fingerprint density at radius 2 is 2.12 bits per heavy atom. The molecule has 0 bridgehead atoms. The molecule has 1 heterocycles. The minimum Gasteiger partial charge on any atom is -0.309 e. The van der Waals surface area contributed by atoms with E-state index in [1.807, 2.05) is 6.20 Å². The SMILES string of the molecule is CCN(CCCN(C)C)Cc1cnc(Cl)s1. The van der Waals surface area contributed by atoms with Crippen LogP contribution in [-0.2, 0) is 6.54 Å². The molecule has 0 radical (unpaired) electrons. The summed E-state index contributed by atoms with van der Waals surface area (Å²) >= 11 is 7.39. The van der Waals surface area contributed by atoms with Crippen molar-refractivity contribution < 1.29 is 0 Å². The summed E-state index contributed by atoms with van der Waals surface area (Å²) in [5.74, 6) is 0. The molecule has 0 unspecified atom stereocenters. The van der Waals surface area contributed by atoms with Gasteiger partial charge in [-0.15, -0.1) is 11.3 Å². The van der Waals surface area contributed by atoms with Gasteiger partial charge in [-0.2, -0.15) is 0 Å². The zero-order chi connectivity index (χ0) is 12.0. The van der Waals surface area contributed by atoms with Crippen molar-refractivity contribution in [2.24, 2.45) is 0 Å². The molecule has 0 aliphatic heterocycles. The summed E-state index contributed by atoms with van der Waals surface area (Å²) in [6.07, 6.45) is 3.08. The monoisotopic (exact) mass is 261 g/mol. The zero-order valence-corrected chi connectivity index (χ0v) is 11.8. The maximum Gasteiger partial charge on any atom is 0.183 e. The molecule has 92 valence electrons. The van der Waals surface area contributed by atoms with Gasteiger partial charge in [0.25, 0.3) is 0 Å². The van der Waals surface area contributed by atoms with Crippen LogP contribution in [0.15, 0.2) is 6.20 Å². The van der Waals surface area contributed by atoms with Crippen LogP contribution >= 0.6 is 22.9 Å². The summed E-state index contributed by atoms with van der Waals surface area (Å²) in [5.41, 5.74) is 0. The second-order valence-electron chi connectivity index (χ2n) is 4.11. The minimum atomic E-state index is 0.638. The summed E-state index contributed by atoms with van der Waals surface area (Å²) in [4.78, 5) is 9.95. The smallest absolute Gasteiger partial charge is 0.183 e. The van der Waals surface area contributed by atoms with Crippen LogP contribution in [0.4, 0.5) is 0 Å². The third-order valence-electron chi connectivity index (χ3n) is 2.43. The summed E-state index contributed by atoms with van der Waals surface area (Å²) in [5, 5.41) is 0. The number of aromatic nitrogens is 1. The highest BCUT2D eigenvalue weighted by Gasteiger charge is 2.06. The van der Waals surface area contributed by atoms with E-state index >= 15 is 0 Å². The van der Waals surface area contributed by atoms with Gasteiger partial charge in [-0.1, -0.05) is 18.5 Å². The molecule has 0 spiro atoms. The van der Waals surface area contributed by atoms with Crippen molar-refractivity contribution in [1.29, 1.82) is 0 Å². The molecule has 1 aromatic rings. The number of rotatable bonds is 7. The van der Waals surface area contributed by atoms with E-state index in [9.17, 15) is 0 Å². The maximum atomic E-state index is 5.82. The number of thiazole rings is 1. The van der Waals surface area contributed by atoms with Crippen LogP contribution in [0.3, 0.4) is 0 Å². The first kappa shape index (κ1) is 13.9. The standard InChI is InChI=1S/C11H20ClN3S/c1-4-15(7-5-6-14(2)3)9-10-8-13-11(12)16-10/h8H,4-7,9H2,1-3H3. The largest absolute Gasteiger partial charge is 0.309 e. The average Bonchev–Trinajstić information content (AvgIpc) is 2.62. The fraction of sp³-hybridized carbons (Fsp3) is 0.727. The molecule has 0 aromatic carbocycles. The molecule has 1 aromatic heterocycles. The van der Waals surface area contributed by atoms with Crippen molar-refractivity contribution in [3.05, 3.63) is 15.5 Å². The van der Waals surface area contributed by atoms with E-state index in [-0.39, 0.29) is 0 Å². The van der Waals surface area contributed by atoms with Crippen LogP contribution in [0, 0.1) is 0 Å². The van der Waals surface area contributed by atoms with Gasteiger partial charge in [0.15, 0.2) is 4.47 Å². The Kier molecular flexibility index (Phi) is 6.28. The Bertz CT molecular complexity index is 301. The normalized spacial score (nSPS) is 11.6. The molecular formula is C11H20ClN3S. The fourth-order valence-corrected chi connectivity index (χ4v) is 2.56. The summed E-state index contributed by atoms with van der Waals surface area (Å²) in [6.45, 7) is 6.50. The van der Waals surface area contributed by atoms with Gasteiger partial charge in [0.05, 0.1) is 0 Å². The quantitative estimate of drug-likeness (QED) is 0.752. The molecule has 0 aliphatic rings. The van der Waals surface area contributed by atoms with Crippen molar-refractivity contribution >= 4 is 22.9 Å². The highest BCUT2D eigenvalue weighted by molar-refractivity contribution is 7.15. The van der Waals surface area contributed by atoms with Gasteiger partial charge in [-0.25, -0.2) is 4.98 Å². The predicted molar refractivity (Wildman–Crippen MR) is 71.2 cm³/mol. The first-order chi connectivity index (χ1) is 7.61. The first-order valence-corrected chi connectivity index (χ1v) is 6.78. The van der Waals surface area contributed by atoms with Crippen LogP contribution in [0.25, 0.3) is 0 Å². The summed E-state index contributed by atoms with van der Waals surface area (Å²) in [6, 6.07) is 0. The second-order valence-corrected chi connectivity index (χ2v) is 5.80. The zero-order valence-electron chi connectivity index (χ0n) is 10.2. The molecule has 0 aliphatic carbocycles. The van der Waals surface area contributed by atoms with Crippen LogP contribution in [0.5, 0.6) is 0 Å². The van der Waals surface area contributed by atoms with Crippen LogP contribution in [0.2, 0.25) is 4.47 Å². The molecule has 0 fully saturated rings. The number of nitrogens with zero attached hydrogens (tertiary/aromatic N) is 3.